The van der Waals surface area contributed by atoms with Gasteiger partial charge in [-0.3, -0.25) is 4.79 Å². The van der Waals surface area contributed by atoms with Gasteiger partial charge in [0.15, 0.2) is 0 Å². The van der Waals surface area contributed by atoms with Gasteiger partial charge in [-0.25, -0.2) is 4.79 Å². The summed E-state index contributed by atoms with van der Waals surface area (Å²) >= 11 is 1.45. The number of nitrogens with one attached hydrogen (secondary N) is 1. The smallest absolute Gasteiger partial charge is 0.341 e. The van der Waals surface area contributed by atoms with E-state index in [0.717, 1.165) is 17.7 Å². The molecule has 1 aromatic carbocycles. The van der Waals surface area contributed by atoms with Crippen LogP contribution in [0.25, 0.3) is 0 Å². The van der Waals surface area contributed by atoms with E-state index in [1.54, 1.807) is 6.92 Å². The average molecular weight is 374 g/mol. The zero-order valence-electron chi connectivity index (χ0n) is 15.9. The van der Waals surface area contributed by atoms with Crippen molar-refractivity contribution >= 4 is 28.2 Å². The third kappa shape index (κ3) is 4.94. The first kappa shape index (κ1) is 20.2. The summed E-state index contributed by atoms with van der Waals surface area (Å²) in [6, 6.07) is 12.0. The van der Waals surface area contributed by atoms with Crippen LogP contribution in [-0.2, 0) is 9.53 Å². The van der Waals surface area contributed by atoms with Gasteiger partial charge >= 0.3 is 5.97 Å². The first-order valence-electron chi connectivity index (χ1n) is 9.14. The largest absolute Gasteiger partial charge is 0.462 e. The molecule has 4 nitrogen and oxygen atoms in total. The fraction of sp³-hybridized carbons (Fsp3) is 0.429. The standard InChI is InChI=1S/C21H27NO3S/c1-5-10-14(3)19(23)22-20-17(21(24)25-6-2)13-18(26-20)15(4)16-11-8-7-9-12-16/h7-9,11-15H,5-6,10H2,1-4H3,(H,22,23)/t14-,15+/m1/s1. The van der Waals surface area contributed by atoms with Crippen molar-refractivity contribution < 1.29 is 14.3 Å². The molecular weight excluding hydrogens is 346 g/mol. The molecule has 0 unspecified atom stereocenters. The van der Waals surface area contributed by atoms with Gasteiger partial charge in [-0.2, -0.15) is 0 Å². The zero-order chi connectivity index (χ0) is 19.1. The SMILES string of the molecule is CCC[C@@H](C)C(=O)Nc1sc([C@@H](C)c2ccccc2)cc1C(=O)OCC. The highest BCUT2D eigenvalue weighted by Crippen LogP contribution is 2.36. The maximum Gasteiger partial charge on any atom is 0.341 e. The Balaban J connectivity index is 2.31. The lowest BCUT2D eigenvalue weighted by molar-refractivity contribution is -0.119. The quantitative estimate of drug-likeness (QED) is 0.626. The molecule has 2 atom stereocenters. The van der Waals surface area contributed by atoms with Crippen LogP contribution in [-0.4, -0.2) is 18.5 Å². The van der Waals surface area contributed by atoms with Crippen molar-refractivity contribution in [2.75, 3.05) is 11.9 Å². The van der Waals surface area contributed by atoms with Crippen LogP contribution in [0.5, 0.6) is 0 Å². The van der Waals surface area contributed by atoms with Crippen molar-refractivity contribution in [2.24, 2.45) is 5.92 Å². The Labute approximate surface area is 159 Å². The molecule has 2 aromatic rings. The molecule has 140 valence electrons. The second kappa shape index (κ2) is 9.53. The number of carbonyl (C=O) groups excluding carboxylic acids is 2. The van der Waals surface area contributed by atoms with Crippen molar-refractivity contribution in [3.8, 4) is 0 Å². The molecule has 0 aliphatic heterocycles. The van der Waals surface area contributed by atoms with Crippen LogP contribution in [0.15, 0.2) is 36.4 Å². The molecule has 2 rings (SSSR count). The van der Waals surface area contributed by atoms with Crippen LogP contribution < -0.4 is 5.32 Å². The molecule has 0 saturated carbocycles. The summed E-state index contributed by atoms with van der Waals surface area (Å²) in [4.78, 5) is 25.8. The highest BCUT2D eigenvalue weighted by atomic mass is 32.1. The van der Waals surface area contributed by atoms with E-state index in [1.807, 2.05) is 31.2 Å². The molecule has 26 heavy (non-hydrogen) atoms. The van der Waals surface area contributed by atoms with E-state index in [0.29, 0.717) is 17.2 Å². The van der Waals surface area contributed by atoms with Gasteiger partial charge < -0.3 is 10.1 Å². The lowest BCUT2D eigenvalue weighted by Gasteiger charge is -2.11. The first-order chi connectivity index (χ1) is 12.5. The lowest BCUT2D eigenvalue weighted by atomic mass is 9.99. The number of amides is 1. The van der Waals surface area contributed by atoms with Gasteiger partial charge in [0.1, 0.15) is 5.00 Å². The van der Waals surface area contributed by atoms with Crippen LogP contribution in [0, 0.1) is 5.92 Å². The Morgan fingerprint density at radius 1 is 1.15 bits per heavy atom. The fourth-order valence-corrected chi connectivity index (χ4v) is 3.91. The van der Waals surface area contributed by atoms with Crippen molar-refractivity contribution in [1.82, 2.24) is 0 Å². The molecule has 0 fully saturated rings. The van der Waals surface area contributed by atoms with E-state index < -0.39 is 5.97 Å². The van der Waals surface area contributed by atoms with Gasteiger partial charge in [-0.15, -0.1) is 11.3 Å². The Kier molecular flexibility index (Phi) is 7.39. The van der Waals surface area contributed by atoms with Crippen molar-refractivity contribution in [1.29, 1.82) is 0 Å². The molecule has 0 bridgehead atoms. The summed E-state index contributed by atoms with van der Waals surface area (Å²) in [5, 5.41) is 3.52. The maximum atomic E-state index is 12.4. The number of benzene rings is 1. The average Bonchev–Trinajstić information content (AvgIpc) is 3.06. The molecule has 0 radical (unpaired) electrons. The van der Waals surface area contributed by atoms with Gasteiger partial charge in [0.25, 0.3) is 0 Å². The summed E-state index contributed by atoms with van der Waals surface area (Å²) in [6.45, 7) is 8.14. The topological polar surface area (TPSA) is 55.4 Å². The van der Waals surface area contributed by atoms with Crippen LogP contribution in [0.1, 0.15) is 67.3 Å². The highest BCUT2D eigenvalue weighted by molar-refractivity contribution is 7.16. The summed E-state index contributed by atoms with van der Waals surface area (Å²) < 4.78 is 5.17. The van der Waals surface area contributed by atoms with Gasteiger partial charge in [0, 0.05) is 16.7 Å². The molecule has 1 heterocycles. The van der Waals surface area contributed by atoms with Crippen molar-refractivity contribution in [3.63, 3.8) is 0 Å². The fourth-order valence-electron chi connectivity index (χ4n) is 2.78. The minimum Gasteiger partial charge on any atom is -0.462 e. The van der Waals surface area contributed by atoms with Gasteiger partial charge in [-0.1, -0.05) is 57.5 Å². The number of ether oxygens (including phenoxy) is 1. The highest BCUT2D eigenvalue weighted by Gasteiger charge is 2.23. The molecule has 0 spiro atoms. The second-order valence-electron chi connectivity index (χ2n) is 6.42. The number of hydrogen-bond acceptors (Lipinski definition) is 4. The predicted molar refractivity (Wildman–Crippen MR) is 107 cm³/mol. The molecule has 1 amide bonds. The lowest BCUT2D eigenvalue weighted by Crippen LogP contribution is -2.21. The number of esters is 1. The summed E-state index contributed by atoms with van der Waals surface area (Å²) in [5.41, 5.74) is 1.60. The van der Waals surface area contributed by atoms with Gasteiger partial charge in [0.2, 0.25) is 5.91 Å². The van der Waals surface area contributed by atoms with E-state index in [1.165, 1.54) is 16.9 Å². The molecule has 1 aromatic heterocycles. The second-order valence-corrected chi connectivity index (χ2v) is 7.51. The first-order valence-corrected chi connectivity index (χ1v) is 9.96. The summed E-state index contributed by atoms with van der Waals surface area (Å²) in [5.74, 6) is -0.410. The molecular formula is C21H27NO3S. The number of carbonyl (C=O) groups is 2. The number of anilines is 1. The van der Waals surface area contributed by atoms with Crippen LogP contribution >= 0.6 is 11.3 Å². The number of thiophene rings is 1. The van der Waals surface area contributed by atoms with Crippen molar-refractivity contribution in [2.45, 2.75) is 46.5 Å². The minimum atomic E-state index is -0.395. The normalized spacial score (nSPS) is 13.1. The Hall–Kier alpha value is -2.14. The summed E-state index contributed by atoms with van der Waals surface area (Å²) in [7, 11) is 0. The van der Waals surface area contributed by atoms with E-state index >= 15 is 0 Å². The Bertz CT molecular complexity index is 739. The Morgan fingerprint density at radius 2 is 1.85 bits per heavy atom. The van der Waals surface area contributed by atoms with E-state index in [9.17, 15) is 9.59 Å². The van der Waals surface area contributed by atoms with E-state index in [4.69, 9.17) is 4.74 Å². The molecule has 1 N–H and O–H groups in total. The maximum absolute atomic E-state index is 12.4. The molecule has 0 aliphatic carbocycles. The number of hydrogen-bond donors (Lipinski definition) is 1. The van der Waals surface area contributed by atoms with Crippen LogP contribution in [0.4, 0.5) is 5.00 Å². The van der Waals surface area contributed by atoms with E-state index in [-0.39, 0.29) is 17.7 Å². The Morgan fingerprint density at radius 3 is 2.46 bits per heavy atom. The summed E-state index contributed by atoms with van der Waals surface area (Å²) in [6.07, 6.45) is 1.76. The minimum absolute atomic E-state index is 0.0573. The van der Waals surface area contributed by atoms with Crippen molar-refractivity contribution in [3.05, 3.63) is 52.4 Å². The van der Waals surface area contributed by atoms with E-state index in [2.05, 4.69) is 31.3 Å². The van der Waals surface area contributed by atoms with Gasteiger partial charge in [0.05, 0.1) is 12.2 Å². The van der Waals surface area contributed by atoms with Crippen LogP contribution in [0.3, 0.4) is 0 Å². The third-order valence-corrected chi connectivity index (χ3v) is 5.61. The van der Waals surface area contributed by atoms with Crippen LogP contribution in [0.2, 0.25) is 0 Å². The zero-order valence-corrected chi connectivity index (χ0v) is 16.7. The van der Waals surface area contributed by atoms with Gasteiger partial charge in [-0.05, 0) is 25.0 Å². The molecule has 0 saturated heterocycles. The third-order valence-electron chi connectivity index (χ3n) is 4.38. The molecule has 0 aliphatic rings. The number of rotatable bonds is 8. The molecule has 5 heteroatoms. The predicted octanol–water partition coefficient (Wildman–Crippen LogP) is 5.45. The monoisotopic (exact) mass is 373 g/mol.